The van der Waals surface area contributed by atoms with Gasteiger partial charge in [0.05, 0.1) is 19.8 Å². The van der Waals surface area contributed by atoms with Gasteiger partial charge in [-0.05, 0) is 15.9 Å². The van der Waals surface area contributed by atoms with E-state index >= 15 is 0 Å². The molecule has 84 valence electrons. The van der Waals surface area contributed by atoms with Crippen LogP contribution < -0.4 is 11.1 Å². The first-order valence-electron chi connectivity index (χ1n) is 4.45. The van der Waals surface area contributed by atoms with E-state index in [-0.39, 0.29) is 6.61 Å². The van der Waals surface area contributed by atoms with Crippen molar-refractivity contribution in [1.82, 2.24) is 9.97 Å². The summed E-state index contributed by atoms with van der Waals surface area (Å²) >= 11 is 3.21. The van der Waals surface area contributed by atoms with Gasteiger partial charge in [0.2, 0.25) is 5.95 Å². The minimum Gasteiger partial charge on any atom is -0.394 e. The number of hydrogen-bond acceptors (Lipinski definition) is 6. The van der Waals surface area contributed by atoms with Gasteiger partial charge in [0.15, 0.2) is 0 Å². The van der Waals surface area contributed by atoms with Crippen molar-refractivity contribution in [3.05, 3.63) is 10.7 Å². The number of ether oxygens (including phenoxy) is 1. The van der Waals surface area contributed by atoms with Crippen molar-refractivity contribution in [3.63, 3.8) is 0 Å². The van der Waals surface area contributed by atoms with Crippen molar-refractivity contribution in [2.45, 2.75) is 0 Å². The van der Waals surface area contributed by atoms with E-state index in [1.165, 1.54) is 0 Å². The third kappa shape index (κ3) is 4.91. The fourth-order valence-corrected chi connectivity index (χ4v) is 1.32. The van der Waals surface area contributed by atoms with Crippen LogP contribution in [0.25, 0.3) is 0 Å². The summed E-state index contributed by atoms with van der Waals surface area (Å²) in [5.41, 5.74) is 5.53. The zero-order chi connectivity index (χ0) is 11.1. The Labute approximate surface area is 96.0 Å². The lowest BCUT2D eigenvalue weighted by atomic mass is 10.6. The number of aliphatic hydroxyl groups excluding tert-OH is 1. The number of halogens is 1. The first-order valence-corrected chi connectivity index (χ1v) is 5.24. The predicted octanol–water partition coefficient (Wildman–Crippen LogP) is 0.242. The molecule has 1 heterocycles. The zero-order valence-electron chi connectivity index (χ0n) is 8.11. The standard InChI is InChI=1S/C8H13BrN4O2/c9-6-5-7(10)13-8(12-6)11-1-3-15-4-2-14/h5,14H,1-4H2,(H3,10,11,12,13). The average Bonchev–Trinajstić information content (AvgIpc) is 2.16. The molecular weight excluding hydrogens is 264 g/mol. The summed E-state index contributed by atoms with van der Waals surface area (Å²) in [7, 11) is 0. The van der Waals surface area contributed by atoms with Gasteiger partial charge in [0.25, 0.3) is 0 Å². The topological polar surface area (TPSA) is 93.3 Å². The molecule has 0 atom stereocenters. The van der Waals surface area contributed by atoms with Crippen LogP contribution in [-0.2, 0) is 4.74 Å². The summed E-state index contributed by atoms with van der Waals surface area (Å²) in [6, 6.07) is 1.62. The van der Waals surface area contributed by atoms with Gasteiger partial charge in [0, 0.05) is 12.6 Å². The van der Waals surface area contributed by atoms with Crippen molar-refractivity contribution in [3.8, 4) is 0 Å². The fourth-order valence-electron chi connectivity index (χ4n) is 0.916. The molecule has 0 bridgehead atoms. The van der Waals surface area contributed by atoms with Gasteiger partial charge < -0.3 is 20.9 Å². The summed E-state index contributed by atoms with van der Waals surface area (Å²) in [6.07, 6.45) is 0. The summed E-state index contributed by atoms with van der Waals surface area (Å²) < 4.78 is 5.69. The van der Waals surface area contributed by atoms with Crippen molar-refractivity contribution < 1.29 is 9.84 Å². The maximum absolute atomic E-state index is 8.46. The van der Waals surface area contributed by atoms with E-state index in [0.29, 0.717) is 36.1 Å². The van der Waals surface area contributed by atoms with Crippen LogP contribution in [0.15, 0.2) is 10.7 Å². The number of nitrogen functional groups attached to an aromatic ring is 1. The lowest BCUT2D eigenvalue weighted by Gasteiger charge is -2.05. The fraction of sp³-hybridized carbons (Fsp3) is 0.500. The lowest BCUT2D eigenvalue weighted by molar-refractivity contribution is 0.0991. The van der Waals surface area contributed by atoms with Gasteiger partial charge in [-0.2, -0.15) is 4.98 Å². The second-order valence-corrected chi connectivity index (χ2v) is 3.51. The highest BCUT2D eigenvalue weighted by molar-refractivity contribution is 9.10. The Kier molecular flexibility index (Phi) is 5.30. The van der Waals surface area contributed by atoms with Crippen molar-refractivity contribution in [2.24, 2.45) is 0 Å². The van der Waals surface area contributed by atoms with Gasteiger partial charge >= 0.3 is 0 Å². The number of anilines is 2. The molecule has 0 amide bonds. The third-order valence-corrected chi connectivity index (χ3v) is 1.89. The van der Waals surface area contributed by atoms with E-state index in [0.717, 1.165) is 0 Å². The Balaban J connectivity index is 2.31. The Hall–Kier alpha value is -0.920. The molecule has 0 aromatic carbocycles. The van der Waals surface area contributed by atoms with Crippen LogP contribution in [-0.4, -0.2) is 41.4 Å². The van der Waals surface area contributed by atoms with Gasteiger partial charge in [-0.1, -0.05) is 0 Å². The Morgan fingerprint density at radius 2 is 2.27 bits per heavy atom. The maximum atomic E-state index is 8.46. The first-order chi connectivity index (χ1) is 7.22. The first kappa shape index (κ1) is 12.2. The van der Waals surface area contributed by atoms with Gasteiger partial charge in [-0.25, -0.2) is 4.98 Å². The summed E-state index contributed by atoms with van der Waals surface area (Å²) in [6.45, 7) is 1.41. The molecule has 0 unspecified atom stereocenters. The Morgan fingerprint density at radius 3 is 2.93 bits per heavy atom. The zero-order valence-corrected chi connectivity index (χ0v) is 9.70. The highest BCUT2D eigenvalue weighted by Gasteiger charge is 1.99. The molecule has 0 aliphatic heterocycles. The Morgan fingerprint density at radius 1 is 1.47 bits per heavy atom. The number of aliphatic hydroxyl groups is 1. The summed E-state index contributed by atoms with van der Waals surface area (Å²) in [5.74, 6) is 0.852. The second-order valence-electron chi connectivity index (χ2n) is 2.70. The van der Waals surface area contributed by atoms with E-state index in [1.54, 1.807) is 6.07 Å². The van der Waals surface area contributed by atoms with Crippen LogP contribution in [0.5, 0.6) is 0 Å². The highest BCUT2D eigenvalue weighted by atomic mass is 79.9. The van der Waals surface area contributed by atoms with E-state index in [1.807, 2.05) is 0 Å². The molecule has 7 heteroatoms. The number of rotatable bonds is 6. The van der Waals surface area contributed by atoms with E-state index in [2.05, 4.69) is 31.2 Å². The molecule has 0 radical (unpaired) electrons. The van der Waals surface area contributed by atoms with Crippen LogP contribution in [0.2, 0.25) is 0 Å². The number of nitrogens with one attached hydrogen (secondary N) is 1. The molecule has 1 aromatic rings. The van der Waals surface area contributed by atoms with Gasteiger partial charge in [-0.3, -0.25) is 0 Å². The smallest absolute Gasteiger partial charge is 0.225 e. The van der Waals surface area contributed by atoms with E-state index < -0.39 is 0 Å². The minimum atomic E-state index is 0.0281. The Bertz CT molecular complexity index is 290. The van der Waals surface area contributed by atoms with Crippen molar-refractivity contribution >= 4 is 27.7 Å². The summed E-state index contributed by atoms with van der Waals surface area (Å²) in [4.78, 5) is 8.03. The monoisotopic (exact) mass is 276 g/mol. The molecule has 0 spiro atoms. The quantitative estimate of drug-likeness (QED) is 0.509. The molecule has 1 aromatic heterocycles. The largest absolute Gasteiger partial charge is 0.394 e. The van der Waals surface area contributed by atoms with Crippen LogP contribution in [0.4, 0.5) is 11.8 Å². The number of hydrogen-bond donors (Lipinski definition) is 3. The van der Waals surface area contributed by atoms with Crippen LogP contribution >= 0.6 is 15.9 Å². The molecule has 0 aliphatic carbocycles. The third-order valence-electron chi connectivity index (χ3n) is 1.48. The maximum Gasteiger partial charge on any atom is 0.225 e. The van der Waals surface area contributed by atoms with Crippen LogP contribution in [0.3, 0.4) is 0 Å². The molecule has 6 nitrogen and oxygen atoms in total. The highest BCUT2D eigenvalue weighted by Crippen LogP contribution is 2.11. The van der Waals surface area contributed by atoms with Gasteiger partial charge in [0.1, 0.15) is 10.4 Å². The molecular formula is C8H13BrN4O2. The van der Waals surface area contributed by atoms with Crippen molar-refractivity contribution in [2.75, 3.05) is 37.4 Å². The molecule has 0 aliphatic rings. The van der Waals surface area contributed by atoms with Crippen LogP contribution in [0, 0.1) is 0 Å². The number of nitrogens with zero attached hydrogens (tertiary/aromatic N) is 2. The number of nitrogens with two attached hydrogens (primary N) is 1. The summed E-state index contributed by atoms with van der Waals surface area (Å²) in [5, 5.41) is 11.4. The molecule has 0 fully saturated rings. The van der Waals surface area contributed by atoms with Crippen LogP contribution in [0.1, 0.15) is 0 Å². The number of aromatic nitrogens is 2. The molecule has 0 saturated carbocycles. The van der Waals surface area contributed by atoms with E-state index in [9.17, 15) is 0 Å². The van der Waals surface area contributed by atoms with Gasteiger partial charge in [-0.15, -0.1) is 0 Å². The normalized spacial score (nSPS) is 10.3. The van der Waals surface area contributed by atoms with E-state index in [4.69, 9.17) is 15.6 Å². The average molecular weight is 277 g/mol. The second kappa shape index (κ2) is 6.54. The minimum absolute atomic E-state index is 0.0281. The predicted molar refractivity (Wildman–Crippen MR) is 60.5 cm³/mol. The molecule has 4 N–H and O–H groups in total. The SMILES string of the molecule is Nc1cc(Br)nc(NCCOCCO)n1. The molecule has 0 saturated heterocycles. The lowest BCUT2D eigenvalue weighted by Crippen LogP contribution is -2.13. The molecule has 1 rings (SSSR count). The molecule has 15 heavy (non-hydrogen) atoms. The van der Waals surface area contributed by atoms with Crippen molar-refractivity contribution in [1.29, 1.82) is 0 Å².